The fourth-order valence-electron chi connectivity index (χ4n) is 2.60. The topological polar surface area (TPSA) is 23.2 Å². The molecule has 0 radical (unpaired) electrons. The van der Waals surface area contributed by atoms with E-state index in [1.807, 2.05) is 0 Å². The Balaban J connectivity index is 1.98. The van der Waals surface area contributed by atoms with Gasteiger partial charge in [0.25, 0.3) is 0 Å². The highest BCUT2D eigenvalue weighted by Crippen LogP contribution is 2.41. The maximum atomic E-state index is 10.00. The van der Waals surface area contributed by atoms with Gasteiger partial charge in [-0.3, -0.25) is 4.90 Å². The summed E-state index contributed by atoms with van der Waals surface area (Å²) in [7, 11) is 0. The van der Waals surface area contributed by atoms with Crippen LogP contribution in [0.1, 0.15) is 24.1 Å². The van der Waals surface area contributed by atoms with Crippen LogP contribution in [0.2, 0.25) is 0 Å². The van der Waals surface area contributed by atoms with Gasteiger partial charge in [0.15, 0.2) is 0 Å². The van der Waals surface area contributed by atoms with Crippen LogP contribution >= 0.6 is 0 Å². The molecule has 1 heterocycles. The summed E-state index contributed by atoms with van der Waals surface area (Å²) >= 11 is 0. The van der Waals surface area contributed by atoms with Crippen LogP contribution in [0.4, 0.5) is 0 Å². The summed E-state index contributed by atoms with van der Waals surface area (Å²) in [6, 6.07) is 9.33. The molecule has 2 heteroatoms. The number of hydrogen-bond acceptors (Lipinski definition) is 2. The lowest BCUT2D eigenvalue weighted by Gasteiger charge is -2.17. The molecule has 1 aliphatic carbocycles. The minimum Gasteiger partial charge on any atom is -0.391 e. The number of hydrogen-bond donors (Lipinski definition) is 1. The number of fused-ring (bicyclic) bond motifs is 1. The van der Waals surface area contributed by atoms with Gasteiger partial charge < -0.3 is 5.11 Å². The zero-order valence-corrected chi connectivity index (χ0v) is 8.35. The van der Waals surface area contributed by atoms with Crippen molar-refractivity contribution >= 4 is 0 Å². The average molecular weight is 189 g/mol. The summed E-state index contributed by atoms with van der Waals surface area (Å²) in [5, 5.41) is 10.00. The van der Waals surface area contributed by atoms with Crippen LogP contribution in [0, 0.1) is 0 Å². The fourth-order valence-corrected chi connectivity index (χ4v) is 2.60. The summed E-state index contributed by atoms with van der Waals surface area (Å²) in [5.41, 5.74) is 2.66. The van der Waals surface area contributed by atoms with Gasteiger partial charge in [0.2, 0.25) is 0 Å². The second-order valence-electron chi connectivity index (χ2n) is 4.46. The molecule has 0 amide bonds. The molecule has 2 nitrogen and oxygen atoms in total. The van der Waals surface area contributed by atoms with E-state index in [-0.39, 0.29) is 12.1 Å². The van der Waals surface area contributed by atoms with Gasteiger partial charge in [0.1, 0.15) is 0 Å². The Morgan fingerprint density at radius 2 is 2.07 bits per heavy atom. The largest absolute Gasteiger partial charge is 0.391 e. The van der Waals surface area contributed by atoms with Crippen molar-refractivity contribution in [1.82, 2.24) is 4.90 Å². The normalized spacial score (nSPS) is 39.6. The Morgan fingerprint density at radius 1 is 1.36 bits per heavy atom. The van der Waals surface area contributed by atoms with Crippen molar-refractivity contribution < 1.29 is 5.11 Å². The molecule has 1 aromatic carbocycles. The molecule has 0 aromatic heterocycles. The van der Waals surface area contributed by atoms with E-state index in [4.69, 9.17) is 0 Å². The Hall–Kier alpha value is -0.860. The highest BCUT2D eigenvalue weighted by atomic mass is 16.3. The summed E-state index contributed by atoms with van der Waals surface area (Å²) in [6.45, 7) is 3.35. The lowest BCUT2D eigenvalue weighted by molar-refractivity contribution is 0.111. The van der Waals surface area contributed by atoms with Gasteiger partial charge in [-0.1, -0.05) is 24.3 Å². The summed E-state index contributed by atoms with van der Waals surface area (Å²) in [5.74, 6) is 0. The Morgan fingerprint density at radius 3 is 2.79 bits per heavy atom. The number of nitrogens with zero attached hydrogens (tertiary/aromatic N) is 1. The molecule has 1 aromatic rings. The molecule has 74 valence electrons. The summed E-state index contributed by atoms with van der Waals surface area (Å²) < 4.78 is 0. The second kappa shape index (κ2) is 2.81. The molecule has 1 unspecified atom stereocenters. The van der Waals surface area contributed by atoms with Crippen molar-refractivity contribution in [2.45, 2.75) is 31.5 Å². The molecule has 0 spiro atoms. The zero-order valence-electron chi connectivity index (χ0n) is 8.35. The number of benzene rings is 1. The molecule has 14 heavy (non-hydrogen) atoms. The van der Waals surface area contributed by atoms with Gasteiger partial charge in [-0.05, 0) is 18.1 Å². The molecule has 1 aliphatic heterocycles. The monoisotopic (exact) mass is 189 g/mol. The first kappa shape index (κ1) is 8.45. The van der Waals surface area contributed by atoms with Gasteiger partial charge in [0.05, 0.1) is 12.1 Å². The van der Waals surface area contributed by atoms with Gasteiger partial charge >= 0.3 is 0 Å². The maximum absolute atomic E-state index is 10.00. The first-order valence-electron chi connectivity index (χ1n) is 5.29. The van der Waals surface area contributed by atoms with E-state index < -0.39 is 0 Å². The number of aliphatic hydroxyl groups excluding tert-OH is 1. The third kappa shape index (κ3) is 1.11. The molecular formula is C12H15NO. The summed E-state index contributed by atoms with van der Waals surface area (Å²) in [4.78, 5) is 2.37. The minimum absolute atomic E-state index is 0.197. The predicted octanol–water partition coefficient (Wildman–Crippen LogP) is 1.35. The number of rotatable bonds is 1. The van der Waals surface area contributed by atoms with E-state index in [0.717, 1.165) is 13.0 Å². The molecule has 1 saturated heterocycles. The third-order valence-electron chi connectivity index (χ3n) is 3.43. The quantitative estimate of drug-likeness (QED) is 0.674. The lowest BCUT2D eigenvalue weighted by Crippen LogP contribution is -2.21. The Bertz CT molecular complexity index is 361. The Kier molecular flexibility index (Phi) is 1.70. The van der Waals surface area contributed by atoms with Crippen molar-refractivity contribution in [2.24, 2.45) is 0 Å². The molecule has 1 fully saturated rings. The van der Waals surface area contributed by atoms with E-state index >= 15 is 0 Å². The molecular weight excluding hydrogens is 174 g/mol. The molecule has 2 aliphatic rings. The van der Waals surface area contributed by atoms with E-state index in [9.17, 15) is 5.11 Å². The van der Waals surface area contributed by atoms with E-state index in [1.165, 1.54) is 11.1 Å². The van der Waals surface area contributed by atoms with E-state index in [1.54, 1.807) is 0 Å². The van der Waals surface area contributed by atoms with Crippen molar-refractivity contribution in [3.05, 3.63) is 35.4 Å². The van der Waals surface area contributed by atoms with Crippen molar-refractivity contribution in [3.8, 4) is 0 Å². The first-order valence-corrected chi connectivity index (χ1v) is 5.29. The van der Waals surface area contributed by atoms with Crippen LogP contribution in [-0.2, 0) is 6.42 Å². The van der Waals surface area contributed by atoms with Gasteiger partial charge in [-0.25, -0.2) is 0 Å². The Labute approximate surface area is 84.2 Å². The minimum atomic E-state index is -0.197. The standard InChI is InChI=1S/C12H15NO/c1-8-7-13(8)12-10-5-3-2-4-9(10)6-11(12)14/h2-5,8,11-12,14H,6-7H2,1H3/t8-,11-,12+,13?/m0/s1. The molecule has 0 bridgehead atoms. The van der Waals surface area contributed by atoms with Crippen LogP contribution in [0.5, 0.6) is 0 Å². The highest BCUT2D eigenvalue weighted by molar-refractivity contribution is 5.37. The zero-order chi connectivity index (χ0) is 9.71. The highest BCUT2D eigenvalue weighted by Gasteiger charge is 2.44. The molecule has 0 saturated carbocycles. The van der Waals surface area contributed by atoms with Crippen LogP contribution in [0.25, 0.3) is 0 Å². The number of aliphatic hydroxyl groups is 1. The SMILES string of the molecule is C[C@H]1CN1[C@@H]1c2ccccc2C[C@@H]1O. The van der Waals surface area contributed by atoms with Crippen LogP contribution in [-0.4, -0.2) is 28.7 Å². The average Bonchev–Trinajstić information content (AvgIpc) is 2.78. The molecule has 1 N–H and O–H groups in total. The maximum Gasteiger partial charge on any atom is 0.0777 e. The van der Waals surface area contributed by atoms with Crippen molar-refractivity contribution in [2.75, 3.05) is 6.54 Å². The van der Waals surface area contributed by atoms with Crippen molar-refractivity contribution in [3.63, 3.8) is 0 Å². The first-order chi connectivity index (χ1) is 6.77. The van der Waals surface area contributed by atoms with E-state index in [2.05, 4.69) is 36.1 Å². The van der Waals surface area contributed by atoms with Gasteiger partial charge in [0, 0.05) is 19.0 Å². The predicted molar refractivity (Wildman–Crippen MR) is 55.1 cm³/mol. The molecule has 4 atom stereocenters. The van der Waals surface area contributed by atoms with Crippen molar-refractivity contribution in [1.29, 1.82) is 0 Å². The van der Waals surface area contributed by atoms with Gasteiger partial charge in [-0.2, -0.15) is 0 Å². The fraction of sp³-hybridized carbons (Fsp3) is 0.500. The van der Waals surface area contributed by atoms with E-state index in [0.29, 0.717) is 6.04 Å². The van der Waals surface area contributed by atoms with Crippen LogP contribution in [0.3, 0.4) is 0 Å². The van der Waals surface area contributed by atoms with Gasteiger partial charge in [-0.15, -0.1) is 0 Å². The van der Waals surface area contributed by atoms with Crippen LogP contribution < -0.4 is 0 Å². The second-order valence-corrected chi connectivity index (χ2v) is 4.46. The van der Waals surface area contributed by atoms with Crippen LogP contribution in [0.15, 0.2) is 24.3 Å². The smallest absolute Gasteiger partial charge is 0.0777 e. The molecule has 3 rings (SSSR count). The summed E-state index contributed by atoms with van der Waals surface area (Å²) in [6.07, 6.45) is 0.627. The lowest BCUT2D eigenvalue weighted by atomic mass is 10.1. The third-order valence-corrected chi connectivity index (χ3v) is 3.43.